The fraction of sp³-hybridized carbons (Fsp3) is 1.00. The molecule has 1 saturated carbocycles. The van der Waals surface area contributed by atoms with Gasteiger partial charge in [0.2, 0.25) is 0 Å². The van der Waals surface area contributed by atoms with Gasteiger partial charge < -0.3 is 11.1 Å². The van der Waals surface area contributed by atoms with E-state index in [2.05, 4.69) is 19.2 Å². The van der Waals surface area contributed by atoms with E-state index >= 15 is 0 Å². The summed E-state index contributed by atoms with van der Waals surface area (Å²) in [5.41, 5.74) is 6.57. The van der Waals surface area contributed by atoms with E-state index in [0.717, 1.165) is 13.1 Å². The first-order valence-corrected chi connectivity index (χ1v) is 6.12. The molecule has 0 aromatic rings. The number of hydrogen-bond acceptors (Lipinski definition) is 2. The molecule has 3 N–H and O–H groups in total. The second-order valence-electron chi connectivity index (χ2n) is 5.20. The Morgan fingerprint density at radius 3 is 2.64 bits per heavy atom. The maximum absolute atomic E-state index is 5.99. The van der Waals surface area contributed by atoms with Crippen molar-refractivity contribution < 1.29 is 0 Å². The lowest BCUT2D eigenvalue weighted by atomic mass is 9.70. The minimum absolute atomic E-state index is 0.360. The van der Waals surface area contributed by atoms with E-state index in [1.807, 2.05) is 0 Å². The lowest BCUT2D eigenvalue weighted by Crippen LogP contribution is -2.42. The van der Waals surface area contributed by atoms with Crippen molar-refractivity contribution in [1.82, 2.24) is 5.32 Å². The van der Waals surface area contributed by atoms with Crippen LogP contribution in [0.3, 0.4) is 0 Å². The van der Waals surface area contributed by atoms with Gasteiger partial charge in [-0.05, 0) is 24.7 Å². The Balaban J connectivity index is 1.97. The molecule has 0 saturated heterocycles. The molecule has 84 valence electrons. The minimum atomic E-state index is 0.360. The van der Waals surface area contributed by atoms with Crippen molar-refractivity contribution in [2.24, 2.45) is 11.1 Å². The lowest BCUT2D eigenvalue weighted by Gasteiger charge is -2.38. The molecule has 0 aliphatic heterocycles. The highest BCUT2D eigenvalue weighted by atomic mass is 14.9. The fourth-order valence-electron chi connectivity index (χ4n) is 2.08. The number of unbranched alkanes of at least 4 members (excludes halogenated alkanes) is 1. The Bertz CT molecular complexity index is 152. The molecule has 0 heterocycles. The van der Waals surface area contributed by atoms with Crippen molar-refractivity contribution in [3.05, 3.63) is 0 Å². The predicted molar refractivity (Wildman–Crippen MR) is 62.3 cm³/mol. The van der Waals surface area contributed by atoms with E-state index in [-0.39, 0.29) is 0 Å². The molecular weight excluding hydrogens is 172 g/mol. The Hall–Kier alpha value is -0.0800. The summed E-state index contributed by atoms with van der Waals surface area (Å²) < 4.78 is 0. The average molecular weight is 198 g/mol. The van der Waals surface area contributed by atoms with Crippen molar-refractivity contribution in [1.29, 1.82) is 0 Å². The van der Waals surface area contributed by atoms with E-state index in [9.17, 15) is 0 Å². The molecule has 2 nitrogen and oxygen atoms in total. The van der Waals surface area contributed by atoms with Gasteiger partial charge >= 0.3 is 0 Å². The molecule has 2 heteroatoms. The minimum Gasteiger partial charge on any atom is -0.327 e. The van der Waals surface area contributed by atoms with E-state index < -0.39 is 0 Å². The summed E-state index contributed by atoms with van der Waals surface area (Å²) in [4.78, 5) is 0. The molecule has 0 spiro atoms. The zero-order chi connectivity index (χ0) is 10.4. The average Bonchev–Trinajstić information content (AvgIpc) is 2.12. The first-order valence-electron chi connectivity index (χ1n) is 6.12. The number of nitrogens with one attached hydrogen (secondary N) is 1. The van der Waals surface area contributed by atoms with Gasteiger partial charge in [-0.15, -0.1) is 0 Å². The number of hydrogen-bond donors (Lipinski definition) is 2. The van der Waals surface area contributed by atoms with Gasteiger partial charge in [-0.2, -0.15) is 0 Å². The topological polar surface area (TPSA) is 38.0 Å². The maximum Gasteiger partial charge on any atom is 0.0165 e. The third kappa shape index (κ3) is 3.97. The molecule has 0 bridgehead atoms. The first-order chi connectivity index (χ1) is 6.66. The van der Waals surface area contributed by atoms with Crippen molar-refractivity contribution in [2.75, 3.05) is 13.1 Å². The zero-order valence-corrected chi connectivity index (χ0v) is 9.81. The van der Waals surface area contributed by atoms with Gasteiger partial charge in [-0.1, -0.05) is 33.1 Å². The summed E-state index contributed by atoms with van der Waals surface area (Å²) in [6.45, 7) is 6.75. The van der Waals surface area contributed by atoms with Crippen molar-refractivity contribution >= 4 is 0 Å². The summed E-state index contributed by atoms with van der Waals surface area (Å²) in [5, 5.41) is 3.51. The van der Waals surface area contributed by atoms with Gasteiger partial charge in [0.25, 0.3) is 0 Å². The van der Waals surface area contributed by atoms with Crippen LogP contribution < -0.4 is 11.1 Å². The van der Waals surface area contributed by atoms with Crippen LogP contribution in [0.25, 0.3) is 0 Å². The highest BCUT2D eigenvalue weighted by Gasteiger charge is 2.30. The SMILES string of the molecule is CCCCC(N)CNCC1(C)CCC1. The normalized spacial score (nSPS) is 21.6. The van der Waals surface area contributed by atoms with Crippen LogP contribution in [0, 0.1) is 5.41 Å². The Labute approximate surface area is 88.6 Å². The highest BCUT2D eigenvalue weighted by Crippen LogP contribution is 2.39. The summed E-state index contributed by atoms with van der Waals surface area (Å²) in [7, 11) is 0. The molecule has 1 aliphatic carbocycles. The summed E-state index contributed by atoms with van der Waals surface area (Å²) >= 11 is 0. The van der Waals surface area contributed by atoms with Crippen LogP contribution in [0.5, 0.6) is 0 Å². The second kappa shape index (κ2) is 5.72. The van der Waals surface area contributed by atoms with Crippen molar-refractivity contribution in [2.45, 2.75) is 58.4 Å². The van der Waals surface area contributed by atoms with E-state index in [0.29, 0.717) is 11.5 Å². The molecule has 0 aromatic heterocycles. The summed E-state index contributed by atoms with van der Waals surface area (Å²) in [5.74, 6) is 0. The molecule has 1 rings (SSSR count). The van der Waals surface area contributed by atoms with Gasteiger partial charge in [-0.3, -0.25) is 0 Å². The molecule has 14 heavy (non-hydrogen) atoms. The number of nitrogens with two attached hydrogens (primary N) is 1. The van der Waals surface area contributed by atoms with Crippen molar-refractivity contribution in [3.8, 4) is 0 Å². The van der Waals surface area contributed by atoms with Gasteiger partial charge in [-0.25, -0.2) is 0 Å². The van der Waals surface area contributed by atoms with E-state index in [1.165, 1.54) is 38.5 Å². The van der Waals surface area contributed by atoms with Crippen LogP contribution in [0.4, 0.5) is 0 Å². The smallest absolute Gasteiger partial charge is 0.0165 e. The van der Waals surface area contributed by atoms with Gasteiger partial charge in [0.1, 0.15) is 0 Å². The zero-order valence-electron chi connectivity index (χ0n) is 9.81. The molecule has 1 aliphatic rings. The van der Waals surface area contributed by atoms with Crippen LogP contribution in [0.1, 0.15) is 52.4 Å². The Morgan fingerprint density at radius 2 is 2.14 bits per heavy atom. The molecule has 0 amide bonds. The second-order valence-corrected chi connectivity index (χ2v) is 5.20. The fourth-order valence-corrected chi connectivity index (χ4v) is 2.08. The third-order valence-electron chi connectivity index (χ3n) is 3.45. The van der Waals surface area contributed by atoms with E-state index in [1.54, 1.807) is 0 Å². The van der Waals surface area contributed by atoms with Crippen LogP contribution >= 0.6 is 0 Å². The molecule has 1 fully saturated rings. The molecule has 0 radical (unpaired) electrons. The van der Waals surface area contributed by atoms with Crippen LogP contribution in [0.15, 0.2) is 0 Å². The summed E-state index contributed by atoms with van der Waals surface area (Å²) in [6.07, 6.45) is 7.89. The largest absolute Gasteiger partial charge is 0.327 e. The van der Waals surface area contributed by atoms with Gasteiger partial charge in [0, 0.05) is 19.1 Å². The van der Waals surface area contributed by atoms with Crippen LogP contribution in [-0.2, 0) is 0 Å². The standard InChI is InChI=1S/C12H26N2/c1-3-4-6-11(13)9-14-10-12(2)7-5-8-12/h11,14H,3-10,13H2,1-2H3. The molecule has 0 aromatic carbocycles. The first kappa shape index (κ1) is 12.0. The van der Waals surface area contributed by atoms with Gasteiger partial charge in [0.05, 0.1) is 0 Å². The maximum atomic E-state index is 5.99. The highest BCUT2D eigenvalue weighted by molar-refractivity contribution is 4.85. The monoisotopic (exact) mass is 198 g/mol. The van der Waals surface area contributed by atoms with Crippen LogP contribution in [-0.4, -0.2) is 19.1 Å². The Morgan fingerprint density at radius 1 is 1.43 bits per heavy atom. The third-order valence-corrected chi connectivity index (χ3v) is 3.45. The predicted octanol–water partition coefficient (Wildman–Crippen LogP) is 2.28. The van der Waals surface area contributed by atoms with Crippen molar-refractivity contribution in [3.63, 3.8) is 0 Å². The lowest BCUT2D eigenvalue weighted by molar-refractivity contribution is 0.156. The van der Waals surface area contributed by atoms with Crippen LogP contribution in [0.2, 0.25) is 0 Å². The van der Waals surface area contributed by atoms with Gasteiger partial charge in [0.15, 0.2) is 0 Å². The quantitative estimate of drug-likeness (QED) is 0.658. The number of rotatable bonds is 7. The molecule has 1 atom stereocenters. The molecule has 1 unspecified atom stereocenters. The molecular formula is C12H26N2. The Kier molecular flexibility index (Phi) is 4.90. The van der Waals surface area contributed by atoms with E-state index in [4.69, 9.17) is 5.73 Å². The summed E-state index contributed by atoms with van der Waals surface area (Å²) in [6, 6.07) is 0.360.